The molecule has 0 bridgehead atoms. The Bertz CT molecular complexity index is 1150. The first kappa shape index (κ1) is 26.7. The summed E-state index contributed by atoms with van der Waals surface area (Å²) in [6.45, 7) is 13.2. The highest BCUT2D eigenvalue weighted by Gasteiger charge is 2.22. The lowest BCUT2D eigenvalue weighted by Crippen LogP contribution is -2.47. The van der Waals surface area contributed by atoms with Gasteiger partial charge in [0.1, 0.15) is 11.6 Å². The Kier molecular flexibility index (Phi) is 9.23. The summed E-state index contributed by atoms with van der Waals surface area (Å²) in [5.74, 6) is 1.71. The van der Waals surface area contributed by atoms with Gasteiger partial charge < -0.3 is 24.8 Å². The molecule has 4 rings (SSSR count). The van der Waals surface area contributed by atoms with Crippen molar-refractivity contribution >= 4 is 28.3 Å². The number of hydrogen-bond donors (Lipinski definition) is 1. The first-order chi connectivity index (χ1) is 18.0. The zero-order valence-electron chi connectivity index (χ0n) is 22.7. The number of nitrogens with zero attached hydrogens (tertiary/aromatic N) is 4. The minimum atomic E-state index is -0.0212. The first-order valence-corrected chi connectivity index (χ1v) is 13.6. The van der Waals surface area contributed by atoms with Gasteiger partial charge in [0, 0.05) is 43.3 Å². The molecular weight excluding hydrogens is 462 g/mol. The van der Waals surface area contributed by atoms with Crippen LogP contribution in [0, 0.1) is 0 Å². The molecule has 2 heterocycles. The second kappa shape index (κ2) is 12.8. The van der Waals surface area contributed by atoms with Gasteiger partial charge in [-0.1, -0.05) is 32.0 Å². The highest BCUT2D eigenvalue weighted by molar-refractivity contribution is 6.07. The van der Waals surface area contributed by atoms with Crippen molar-refractivity contribution in [1.29, 1.82) is 0 Å². The second-order valence-corrected chi connectivity index (χ2v) is 9.76. The van der Waals surface area contributed by atoms with Gasteiger partial charge in [-0.25, -0.2) is 4.98 Å². The quantitative estimate of drug-likeness (QED) is 0.405. The number of carbonyl (C=O) groups is 1. The number of rotatable bonds is 11. The summed E-state index contributed by atoms with van der Waals surface area (Å²) in [7, 11) is 1.69. The van der Waals surface area contributed by atoms with E-state index in [0.29, 0.717) is 5.56 Å². The predicted octanol–water partition coefficient (Wildman–Crippen LogP) is 4.81. The summed E-state index contributed by atoms with van der Waals surface area (Å²) < 4.78 is 5.29. The van der Waals surface area contributed by atoms with Crippen molar-refractivity contribution in [3.63, 3.8) is 0 Å². The standard InChI is InChI=1S/C30H41N5O2/c1-5-33(6-2)17-9-10-23(3)31-30(36)27-22-29(32-28-12-8-7-11-26(27)28)35-20-18-34(19-21-35)24-13-15-25(37-4)16-14-24/h7-8,11-16,22-23H,5-6,9-10,17-21H2,1-4H3,(H,31,36)/t23-/m0/s1. The summed E-state index contributed by atoms with van der Waals surface area (Å²) in [5, 5.41) is 4.14. The molecule has 1 aromatic heterocycles. The van der Waals surface area contributed by atoms with E-state index >= 15 is 0 Å². The van der Waals surface area contributed by atoms with E-state index in [1.807, 2.05) is 42.5 Å². The van der Waals surface area contributed by atoms with Gasteiger partial charge >= 0.3 is 0 Å². The summed E-state index contributed by atoms with van der Waals surface area (Å²) in [6.07, 6.45) is 2.04. The van der Waals surface area contributed by atoms with Crippen LogP contribution in [-0.4, -0.2) is 74.8 Å². The van der Waals surface area contributed by atoms with Crippen LogP contribution in [0.25, 0.3) is 10.9 Å². The number of aromatic nitrogens is 1. The van der Waals surface area contributed by atoms with Gasteiger partial charge in [-0.3, -0.25) is 4.79 Å². The number of carbonyl (C=O) groups excluding carboxylic acids is 1. The van der Waals surface area contributed by atoms with Crippen LogP contribution in [0.4, 0.5) is 11.5 Å². The van der Waals surface area contributed by atoms with Crippen molar-refractivity contribution in [2.75, 3.05) is 62.7 Å². The molecule has 1 atom stereocenters. The highest BCUT2D eigenvalue weighted by atomic mass is 16.5. The molecule has 1 N–H and O–H groups in total. The fourth-order valence-electron chi connectivity index (χ4n) is 5.03. The molecule has 1 amide bonds. The van der Waals surface area contributed by atoms with E-state index in [1.54, 1.807) is 7.11 Å². The largest absolute Gasteiger partial charge is 0.497 e. The summed E-state index contributed by atoms with van der Waals surface area (Å²) in [4.78, 5) is 25.4. The smallest absolute Gasteiger partial charge is 0.252 e. The highest BCUT2D eigenvalue weighted by Crippen LogP contribution is 2.26. The van der Waals surface area contributed by atoms with E-state index in [4.69, 9.17) is 9.72 Å². The number of fused-ring (bicyclic) bond motifs is 1. The zero-order chi connectivity index (χ0) is 26.2. The maximum Gasteiger partial charge on any atom is 0.252 e. The number of hydrogen-bond acceptors (Lipinski definition) is 6. The van der Waals surface area contributed by atoms with Crippen molar-refractivity contribution in [3.8, 4) is 5.75 Å². The number of anilines is 2. The summed E-state index contributed by atoms with van der Waals surface area (Å²) >= 11 is 0. The zero-order valence-corrected chi connectivity index (χ0v) is 22.7. The van der Waals surface area contributed by atoms with E-state index in [-0.39, 0.29) is 11.9 Å². The minimum absolute atomic E-state index is 0.0212. The van der Waals surface area contributed by atoms with Crippen molar-refractivity contribution in [2.45, 2.75) is 39.7 Å². The lowest BCUT2D eigenvalue weighted by molar-refractivity contribution is 0.0939. The van der Waals surface area contributed by atoms with Crippen molar-refractivity contribution < 1.29 is 9.53 Å². The molecular formula is C30H41N5O2. The van der Waals surface area contributed by atoms with Crippen LogP contribution in [0.5, 0.6) is 5.75 Å². The number of nitrogens with one attached hydrogen (secondary N) is 1. The number of para-hydroxylation sites is 1. The van der Waals surface area contributed by atoms with Gasteiger partial charge in [-0.05, 0) is 75.8 Å². The molecule has 0 radical (unpaired) electrons. The lowest BCUT2D eigenvalue weighted by atomic mass is 10.1. The molecule has 1 saturated heterocycles. The average molecular weight is 504 g/mol. The molecule has 1 aliphatic rings. The van der Waals surface area contributed by atoms with E-state index < -0.39 is 0 Å². The number of piperazine rings is 1. The van der Waals surface area contributed by atoms with E-state index in [2.05, 4.69) is 52.9 Å². The number of pyridine rings is 1. The average Bonchev–Trinajstić information content (AvgIpc) is 2.95. The van der Waals surface area contributed by atoms with Gasteiger partial charge in [0.05, 0.1) is 18.2 Å². The molecule has 198 valence electrons. The van der Waals surface area contributed by atoms with E-state index in [1.165, 1.54) is 5.69 Å². The number of ether oxygens (including phenoxy) is 1. The Labute approximate surface area is 221 Å². The van der Waals surface area contributed by atoms with Gasteiger partial charge in [-0.15, -0.1) is 0 Å². The van der Waals surface area contributed by atoms with Crippen LogP contribution in [0.2, 0.25) is 0 Å². The van der Waals surface area contributed by atoms with Crippen LogP contribution in [-0.2, 0) is 0 Å². The topological polar surface area (TPSA) is 60.9 Å². The number of benzene rings is 2. The van der Waals surface area contributed by atoms with Crippen LogP contribution in [0.15, 0.2) is 54.6 Å². The number of amides is 1. The molecule has 7 nitrogen and oxygen atoms in total. The molecule has 1 aliphatic heterocycles. The van der Waals surface area contributed by atoms with Gasteiger partial charge in [0.25, 0.3) is 5.91 Å². The molecule has 0 aliphatic carbocycles. The molecule has 37 heavy (non-hydrogen) atoms. The molecule has 2 aromatic carbocycles. The second-order valence-electron chi connectivity index (χ2n) is 9.76. The maximum absolute atomic E-state index is 13.4. The Morgan fingerprint density at radius 3 is 2.38 bits per heavy atom. The number of methoxy groups -OCH3 is 1. The molecule has 0 spiro atoms. The van der Waals surface area contributed by atoms with Gasteiger partial charge in [0.15, 0.2) is 0 Å². The minimum Gasteiger partial charge on any atom is -0.497 e. The third-order valence-corrected chi connectivity index (χ3v) is 7.37. The van der Waals surface area contributed by atoms with Crippen LogP contribution >= 0.6 is 0 Å². The van der Waals surface area contributed by atoms with Crippen molar-refractivity contribution in [1.82, 2.24) is 15.2 Å². The van der Waals surface area contributed by atoms with Crippen LogP contribution in [0.3, 0.4) is 0 Å². The molecule has 3 aromatic rings. The predicted molar refractivity (Wildman–Crippen MR) is 153 cm³/mol. The monoisotopic (exact) mass is 503 g/mol. The summed E-state index contributed by atoms with van der Waals surface area (Å²) in [5.41, 5.74) is 2.76. The molecule has 0 saturated carbocycles. The van der Waals surface area contributed by atoms with Crippen molar-refractivity contribution in [3.05, 3.63) is 60.2 Å². The Hall–Kier alpha value is -3.32. The molecule has 1 fully saturated rings. The lowest BCUT2D eigenvalue weighted by Gasteiger charge is -2.37. The maximum atomic E-state index is 13.4. The first-order valence-electron chi connectivity index (χ1n) is 13.6. The fourth-order valence-corrected chi connectivity index (χ4v) is 5.03. The molecule has 7 heteroatoms. The van der Waals surface area contributed by atoms with Crippen molar-refractivity contribution in [2.24, 2.45) is 0 Å². The van der Waals surface area contributed by atoms with E-state index in [0.717, 1.165) is 81.1 Å². The SMILES string of the molecule is CCN(CC)CCC[C@H](C)NC(=O)c1cc(N2CCN(c3ccc(OC)cc3)CC2)nc2ccccc12. The Balaban J connectivity index is 1.44. The third kappa shape index (κ3) is 6.72. The van der Waals surface area contributed by atoms with Gasteiger partial charge in [-0.2, -0.15) is 0 Å². The van der Waals surface area contributed by atoms with E-state index in [9.17, 15) is 4.79 Å². The Morgan fingerprint density at radius 2 is 1.70 bits per heavy atom. The normalized spacial score (nSPS) is 14.7. The van der Waals surface area contributed by atoms with Crippen LogP contribution in [0.1, 0.15) is 44.0 Å². The Morgan fingerprint density at radius 1 is 1.03 bits per heavy atom. The van der Waals surface area contributed by atoms with Crippen LogP contribution < -0.4 is 19.9 Å². The third-order valence-electron chi connectivity index (χ3n) is 7.37. The summed E-state index contributed by atoms with van der Waals surface area (Å²) in [6, 6.07) is 18.3. The van der Waals surface area contributed by atoms with Gasteiger partial charge in [0.2, 0.25) is 0 Å². The fraction of sp³-hybridized carbons (Fsp3) is 0.467. The molecule has 0 unspecified atom stereocenters.